The van der Waals surface area contributed by atoms with Gasteiger partial charge in [-0.15, -0.1) is 0 Å². The highest BCUT2D eigenvalue weighted by Gasteiger charge is 2.37. The predicted molar refractivity (Wildman–Crippen MR) is 421 cm³/mol. The summed E-state index contributed by atoms with van der Waals surface area (Å²) in [6, 6.07) is -6.34. The molecule has 0 saturated heterocycles. The highest BCUT2D eigenvalue weighted by Crippen LogP contribution is 2.20. The first kappa shape index (κ1) is 94.6. The molecule has 4 rings (SSSR count). The van der Waals surface area contributed by atoms with E-state index in [4.69, 9.17) is 61.8 Å². The van der Waals surface area contributed by atoms with Crippen LogP contribution in [0.3, 0.4) is 0 Å². The van der Waals surface area contributed by atoms with Crippen LogP contribution in [0.2, 0.25) is 0 Å². The molecule has 0 unspecified atom stereocenters. The number of rotatable bonds is 55. The fraction of sp³-hybridized carbons (Fsp3) is 0.529. The first-order chi connectivity index (χ1) is 54.8. The molecule has 11 amide bonds. The molecule has 11 atom stereocenters. The fourth-order valence-electron chi connectivity index (χ4n) is 11.6. The molecule has 3 heterocycles. The third-order valence-corrected chi connectivity index (χ3v) is 17.7. The van der Waals surface area contributed by atoms with E-state index in [9.17, 15) is 63.0 Å². The summed E-state index contributed by atoms with van der Waals surface area (Å²) in [6.45, 7) is 0.920. The number of aromatic amines is 2. The summed E-state index contributed by atoms with van der Waals surface area (Å²) >= 11 is 0. The molecule has 0 spiro atoms. The number of carboxylic acid groups (broad SMARTS) is 2. The van der Waals surface area contributed by atoms with Gasteiger partial charge in [-0.3, -0.25) is 84.2 Å². The number of H-pyrrole nitrogens is 2. The van der Waals surface area contributed by atoms with Crippen LogP contribution in [0.5, 0.6) is 0 Å². The van der Waals surface area contributed by atoms with Gasteiger partial charge in [0.25, 0.3) is 0 Å². The van der Waals surface area contributed by atoms with E-state index >= 15 is 9.59 Å². The van der Waals surface area contributed by atoms with E-state index in [-0.39, 0.29) is 147 Å². The van der Waals surface area contributed by atoms with E-state index in [0.717, 1.165) is 0 Å². The summed E-state index contributed by atoms with van der Waals surface area (Å²) in [5.41, 5.74) is 41.7. The quantitative estimate of drug-likeness (QED) is 0.0111. The highest BCUT2D eigenvalue weighted by molar-refractivity contribution is 6.00. The molecule has 0 aliphatic carbocycles. The molecule has 0 aliphatic heterocycles. The Morgan fingerprint density at radius 2 is 0.870 bits per heavy atom. The van der Waals surface area contributed by atoms with E-state index in [1.54, 1.807) is 42.6 Å². The number of hydrogen-bond donors (Lipinski definition) is 30. The van der Waals surface area contributed by atoms with Crippen LogP contribution < -0.4 is 120 Å². The maximum Gasteiger partial charge on any atom is 0.326 e. The van der Waals surface area contributed by atoms with Gasteiger partial charge in [0.15, 0.2) is 23.8 Å². The number of fused-ring (bicyclic) bond motifs is 1. The lowest BCUT2D eigenvalue weighted by atomic mass is 10.0. The van der Waals surface area contributed by atoms with Gasteiger partial charge in [-0.1, -0.05) is 24.3 Å². The van der Waals surface area contributed by atoms with Gasteiger partial charge in [-0.05, 0) is 140 Å². The number of amides is 11. The van der Waals surface area contributed by atoms with Gasteiger partial charge in [0.2, 0.25) is 65.0 Å². The van der Waals surface area contributed by atoms with Gasteiger partial charge >= 0.3 is 11.9 Å². The normalized spacial score (nSPS) is 13.8. The number of imidazole rings is 1. The van der Waals surface area contributed by atoms with Crippen molar-refractivity contribution in [3.63, 3.8) is 0 Å². The van der Waals surface area contributed by atoms with E-state index in [1.165, 1.54) is 31.8 Å². The van der Waals surface area contributed by atoms with Crippen molar-refractivity contribution in [2.24, 2.45) is 40.1 Å². The third kappa shape index (κ3) is 36.5. The molecule has 632 valence electrons. The zero-order valence-electron chi connectivity index (χ0n) is 64.0. The van der Waals surface area contributed by atoms with Crippen molar-refractivity contribution < 1.29 is 72.5 Å². The van der Waals surface area contributed by atoms with Gasteiger partial charge in [0.1, 0.15) is 60.4 Å². The van der Waals surface area contributed by atoms with Crippen molar-refractivity contribution >= 4 is 112 Å². The molecule has 0 aliphatic rings. The van der Waals surface area contributed by atoms with Crippen LogP contribution in [0.15, 0.2) is 67.5 Å². The van der Waals surface area contributed by atoms with Crippen LogP contribution in [0.25, 0.3) is 10.9 Å². The average molecular weight is 1610 g/mol. The zero-order chi connectivity index (χ0) is 84.9. The SMILES string of the molecule is C[C@H](NC(=O)[C@H](CC(=O)O)NC(=O)CNC(=O)[C@@H](N)Cc1cccnc1)C(=O)N[C@@H](Cc1c[nH]cn1)C(=O)N[C@@H](Cc1c[nH]c2ccccc12)C(=O)N[C@@H](CCCNC(=N)N)C(=O)N[C@@H](CCCCN)C(=O)N[C@@H](CCCNC(=N)N)C(=O)N[C@@H](CCCNC(=N)N)C(=O)N[C@@H](CCCCN)C(=O)N[C@@H](CCCNC(=N)N)C(=O)O. The lowest BCUT2D eigenvalue weighted by Gasteiger charge is -2.28. The smallest absolute Gasteiger partial charge is 0.326 e. The lowest BCUT2D eigenvalue weighted by Crippen LogP contribution is -2.61. The Bertz CT molecular complexity index is 3900. The molecule has 37 N–H and O–H groups in total. The molecule has 45 nitrogen and oxygen atoms in total. The first-order valence-corrected chi connectivity index (χ1v) is 37.4. The second-order valence-electron chi connectivity index (χ2n) is 27.0. The number of para-hydroxylation sites is 1. The van der Waals surface area contributed by atoms with Crippen LogP contribution >= 0.6 is 0 Å². The van der Waals surface area contributed by atoms with Gasteiger partial charge in [-0.2, -0.15) is 0 Å². The number of nitrogens with zero attached hydrogens (tertiary/aromatic N) is 2. The van der Waals surface area contributed by atoms with Gasteiger partial charge in [0, 0.05) is 74.7 Å². The molecule has 3 aromatic heterocycles. The minimum absolute atomic E-state index is 0.00402. The second kappa shape index (κ2) is 51.0. The van der Waals surface area contributed by atoms with Crippen molar-refractivity contribution in [3.05, 3.63) is 84.3 Å². The van der Waals surface area contributed by atoms with Crippen molar-refractivity contribution in [3.8, 4) is 0 Å². The van der Waals surface area contributed by atoms with Gasteiger partial charge < -0.3 is 140 Å². The highest BCUT2D eigenvalue weighted by atomic mass is 16.4. The molecular formula is C70H112N30O15. The fourth-order valence-corrected chi connectivity index (χ4v) is 11.6. The van der Waals surface area contributed by atoms with Crippen molar-refractivity contribution in [2.45, 2.75) is 189 Å². The molecule has 45 heteroatoms. The Labute approximate surface area is 662 Å². The van der Waals surface area contributed by atoms with E-state index in [2.05, 4.69) is 99.7 Å². The molecule has 0 fully saturated rings. The van der Waals surface area contributed by atoms with Crippen LogP contribution in [0.1, 0.15) is 120 Å². The number of pyridine rings is 1. The number of carbonyl (C=O) groups excluding carboxylic acids is 11. The molecule has 4 aromatic rings. The average Bonchev–Trinajstić information content (AvgIpc) is 1.70. The van der Waals surface area contributed by atoms with E-state index in [1.807, 2.05) is 0 Å². The number of aromatic nitrogens is 4. The summed E-state index contributed by atoms with van der Waals surface area (Å²) in [6.07, 6.45) is 6.40. The summed E-state index contributed by atoms with van der Waals surface area (Å²) in [7, 11) is 0. The van der Waals surface area contributed by atoms with Gasteiger partial charge in [-0.25, -0.2) is 9.78 Å². The maximum absolute atomic E-state index is 15.2. The Morgan fingerprint density at radius 1 is 0.452 bits per heavy atom. The Kier molecular flexibility index (Phi) is 41.9. The van der Waals surface area contributed by atoms with Crippen LogP contribution in [-0.4, -0.2) is 243 Å². The van der Waals surface area contributed by atoms with Crippen molar-refractivity contribution in [2.75, 3.05) is 45.8 Å². The number of unbranched alkanes of at least 4 members (excludes halogenated alkanes) is 2. The minimum atomic E-state index is -1.80. The van der Waals surface area contributed by atoms with Crippen LogP contribution in [0.4, 0.5) is 0 Å². The number of aliphatic carboxylic acids is 2. The molecule has 0 radical (unpaired) electrons. The predicted octanol–water partition coefficient (Wildman–Crippen LogP) is -7.50. The number of benzene rings is 1. The third-order valence-electron chi connectivity index (χ3n) is 17.7. The summed E-state index contributed by atoms with van der Waals surface area (Å²) < 4.78 is 0. The van der Waals surface area contributed by atoms with Crippen molar-refractivity contribution in [1.82, 2.24) is 99.7 Å². The Morgan fingerprint density at radius 3 is 1.30 bits per heavy atom. The van der Waals surface area contributed by atoms with Crippen molar-refractivity contribution in [1.29, 1.82) is 21.6 Å². The summed E-state index contributed by atoms with van der Waals surface area (Å²) in [4.78, 5) is 195. The number of nitrogens with one attached hydrogen (secondary N) is 21. The monoisotopic (exact) mass is 1610 g/mol. The minimum Gasteiger partial charge on any atom is -0.481 e. The standard InChI is InChI=1S/C70H112N30O15/c1-38(91-63(111)53(32-55(102)103)92-54(101)36-89-57(105)43(73)29-39-13-8-24-82-33-39)56(104)99-52(31-41-35-83-37-90-41)65(113)100-51(30-40-34-88-44-15-3-2-14-42(40)44)64(112)97-49(20-11-27-86-69(78)79)61(109)93-45(16-4-6-22-71)58(106)95-48(19-10-26-85-68(76)77)60(108)96-47(18-9-25-84-67(74)75)59(107)94-46(17-5-7-23-72)62(110)98-50(66(114)115)21-12-28-87-70(80)81/h2-3,8,13-15,24,33-35,37-38,43,45-53,88H,4-7,9-12,16-23,25-32,36,71-73H2,1H3,(H,83,90)(H,89,105)(H,91,111)(H,92,101)(H,93,109)(H,94,107)(H,95,106)(H,96,108)(H,97,112)(H,98,110)(H,99,104)(H,100,113)(H,102,103)(H,114,115)(H4,74,75,84)(H4,76,77,85)(H4,78,79,86)(H4,80,81,87)/t38-,43-,45-,46-,47-,48-,49-,50-,51-,52-,53-/m0/s1. The molecule has 1 aromatic carbocycles. The number of nitrogens with two attached hydrogens (primary N) is 7. The Hall–Kier alpha value is -12.8. The summed E-state index contributed by atoms with van der Waals surface area (Å²) in [5, 5.41) is 89.3. The molecule has 115 heavy (non-hydrogen) atoms. The second-order valence-corrected chi connectivity index (χ2v) is 27.0. The number of hydrogen-bond acceptors (Lipinski definition) is 22. The molecule has 0 saturated carbocycles. The Balaban J connectivity index is 1.68. The zero-order valence-corrected chi connectivity index (χ0v) is 64.0. The lowest BCUT2D eigenvalue weighted by molar-refractivity contribution is -0.142. The number of guanidine groups is 4. The van der Waals surface area contributed by atoms with E-state index in [0.29, 0.717) is 34.9 Å². The molecular weight excluding hydrogens is 1500 g/mol. The number of carbonyl (C=O) groups is 13. The van der Waals surface area contributed by atoms with Crippen LogP contribution in [0, 0.1) is 21.6 Å². The van der Waals surface area contributed by atoms with E-state index < -0.39 is 174 Å². The first-order valence-electron chi connectivity index (χ1n) is 37.4. The molecule has 0 bridgehead atoms. The maximum atomic E-state index is 15.2. The van der Waals surface area contributed by atoms with Gasteiger partial charge in [0.05, 0.1) is 31.0 Å². The topological polar surface area (TPSA) is 778 Å². The largest absolute Gasteiger partial charge is 0.481 e. The summed E-state index contributed by atoms with van der Waals surface area (Å²) in [5.74, 6) is -15.1. The number of carboxylic acids is 2. The van der Waals surface area contributed by atoms with Crippen LogP contribution in [-0.2, 0) is 81.6 Å².